The lowest BCUT2D eigenvalue weighted by Crippen LogP contribution is -2.18. The molecule has 2 aromatic rings. The van der Waals surface area contributed by atoms with Gasteiger partial charge < -0.3 is 5.32 Å². The Morgan fingerprint density at radius 1 is 1.05 bits per heavy atom. The molecular formula is C16H19ClN2S. The van der Waals surface area contributed by atoms with Crippen LogP contribution in [0, 0.1) is 0 Å². The van der Waals surface area contributed by atoms with E-state index in [4.69, 9.17) is 11.6 Å². The molecule has 3 rings (SSSR count). The average molecular weight is 307 g/mol. The Bertz CT molecular complexity index is 544. The van der Waals surface area contributed by atoms with Crippen molar-refractivity contribution in [2.45, 2.75) is 25.9 Å². The summed E-state index contributed by atoms with van der Waals surface area (Å²) in [5.41, 5.74) is 2.57. The second-order valence-electron chi connectivity index (χ2n) is 5.24. The van der Waals surface area contributed by atoms with Crippen LogP contribution in [0.4, 0.5) is 5.69 Å². The molecule has 1 N–H and O–H groups in total. The number of likely N-dealkylation sites (tertiary alicyclic amines) is 1. The van der Waals surface area contributed by atoms with E-state index in [1.165, 1.54) is 42.1 Å². The minimum atomic E-state index is 0.836. The lowest BCUT2D eigenvalue weighted by molar-refractivity contribution is 0.331. The van der Waals surface area contributed by atoms with Crippen molar-refractivity contribution in [3.8, 4) is 0 Å². The van der Waals surface area contributed by atoms with Crippen LogP contribution < -0.4 is 5.32 Å². The van der Waals surface area contributed by atoms with E-state index in [0.717, 1.165) is 17.4 Å². The lowest BCUT2D eigenvalue weighted by Gasteiger charge is -2.14. The van der Waals surface area contributed by atoms with E-state index in [0.29, 0.717) is 0 Å². The van der Waals surface area contributed by atoms with Crippen LogP contribution in [0.5, 0.6) is 0 Å². The molecule has 0 unspecified atom stereocenters. The molecule has 1 aromatic carbocycles. The Hall–Kier alpha value is -1.03. The number of halogens is 1. The van der Waals surface area contributed by atoms with Gasteiger partial charge in [0, 0.05) is 23.7 Å². The summed E-state index contributed by atoms with van der Waals surface area (Å²) in [5.74, 6) is 0. The minimum Gasteiger partial charge on any atom is -0.380 e. The molecule has 2 heterocycles. The van der Waals surface area contributed by atoms with Crippen LogP contribution in [-0.2, 0) is 13.1 Å². The molecule has 0 atom stereocenters. The van der Waals surface area contributed by atoms with Crippen molar-refractivity contribution in [3.63, 3.8) is 0 Å². The molecule has 1 aromatic heterocycles. The number of benzene rings is 1. The maximum Gasteiger partial charge on any atom is 0.0931 e. The SMILES string of the molecule is Clc1ccc(CNc2ccc(CN3CCCC3)cc2)s1. The number of nitrogens with one attached hydrogen (secondary N) is 1. The normalized spacial score (nSPS) is 15.7. The number of nitrogens with zero attached hydrogens (tertiary/aromatic N) is 1. The zero-order valence-corrected chi connectivity index (χ0v) is 13.0. The highest BCUT2D eigenvalue weighted by atomic mass is 35.5. The van der Waals surface area contributed by atoms with Crippen LogP contribution in [0.3, 0.4) is 0 Å². The molecule has 106 valence electrons. The lowest BCUT2D eigenvalue weighted by atomic mass is 10.2. The summed E-state index contributed by atoms with van der Waals surface area (Å²) in [6.45, 7) is 4.42. The first-order valence-corrected chi connectivity index (χ1v) is 8.28. The van der Waals surface area contributed by atoms with E-state index < -0.39 is 0 Å². The van der Waals surface area contributed by atoms with Crippen molar-refractivity contribution in [1.29, 1.82) is 0 Å². The monoisotopic (exact) mass is 306 g/mol. The molecule has 20 heavy (non-hydrogen) atoms. The smallest absolute Gasteiger partial charge is 0.0931 e. The van der Waals surface area contributed by atoms with Crippen molar-refractivity contribution in [2.75, 3.05) is 18.4 Å². The van der Waals surface area contributed by atoms with Gasteiger partial charge in [-0.25, -0.2) is 0 Å². The number of anilines is 1. The molecule has 0 radical (unpaired) electrons. The van der Waals surface area contributed by atoms with Gasteiger partial charge in [-0.3, -0.25) is 4.90 Å². The maximum absolute atomic E-state index is 5.93. The predicted molar refractivity (Wildman–Crippen MR) is 87.6 cm³/mol. The van der Waals surface area contributed by atoms with Crippen LogP contribution in [-0.4, -0.2) is 18.0 Å². The van der Waals surface area contributed by atoms with Crippen molar-refractivity contribution in [3.05, 3.63) is 51.2 Å². The highest BCUT2D eigenvalue weighted by molar-refractivity contribution is 7.16. The molecule has 1 aliphatic heterocycles. The first-order valence-electron chi connectivity index (χ1n) is 7.09. The fourth-order valence-corrected chi connectivity index (χ4v) is 3.59. The van der Waals surface area contributed by atoms with E-state index in [1.54, 1.807) is 11.3 Å². The molecule has 1 fully saturated rings. The van der Waals surface area contributed by atoms with E-state index in [1.807, 2.05) is 6.07 Å². The van der Waals surface area contributed by atoms with Gasteiger partial charge >= 0.3 is 0 Å². The Labute approximate surface area is 129 Å². The molecule has 1 saturated heterocycles. The average Bonchev–Trinajstić information content (AvgIpc) is 3.10. The van der Waals surface area contributed by atoms with Gasteiger partial charge in [0.15, 0.2) is 0 Å². The fourth-order valence-electron chi connectivity index (χ4n) is 2.56. The molecule has 4 heteroatoms. The van der Waals surface area contributed by atoms with Crippen LogP contribution in [0.25, 0.3) is 0 Å². The van der Waals surface area contributed by atoms with Crippen molar-refractivity contribution >= 4 is 28.6 Å². The Morgan fingerprint density at radius 3 is 2.45 bits per heavy atom. The zero-order valence-electron chi connectivity index (χ0n) is 11.4. The molecule has 0 spiro atoms. The zero-order chi connectivity index (χ0) is 13.8. The summed E-state index contributed by atoms with van der Waals surface area (Å²) < 4.78 is 0.850. The summed E-state index contributed by atoms with van der Waals surface area (Å²) in [4.78, 5) is 3.78. The standard InChI is InChI=1S/C16H19ClN2S/c17-16-8-7-15(20-16)11-18-14-5-3-13(4-6-14)12-19-9-1-2-10-19/h3-8,18H,1-2,9-12H2. The van der Waals surface area contributed by atoms with Gasteiger partial charge in [0.1, 0.15) is 0 Å². The van der Waals surface area contributed by atoms with Gasteiger partial charge in [-0.15, -0.1) is 11.3 Å². The van der Waals surface area contributed by atoms with Gasteiger partial charge in [0.2, 0.25) is 0 Å². The highest BCUT2D eigenvalue weighted by Crippen LogP contribution is 2.22. The van der Waals surface area contributed by atoms with Crippen LogP contribution in [0.2, 0.25) is 4.34 Å². The van der Waals surface area contributed by atoms with Crippen LogP contribution >= 0.6 is 22.9 Å². The fraction of sp³-hybridized carbons (Fsp3) is 0.375. The number of rotatable bonds is 5. The topological polar surface area (TPSA) is 15.3 Å². The van der Waals surface area contributed by atoms with Crippen molar-refractivity contribution in [2.24, 2.45) is 0 Å². The number of hydrogen-bond acceptors (Lipinski definition) is 3. The van der Waals surface area contributed by atoms with E-state index in [-0.39, 0.29) is 0 Å². The number of hydrogen-bond donors (Lipinski definition) is 1. The summed E-state index contributed by atoms with van der Waals surface area (Å²) in [7, 11) is 0. The molecular weight excluding hydrogens is 288 g/mol. The Kier molecular flexibility index (Phi) is 4.61. The Morgan fingerprint density at radius 2 is 1.80 bits per heavy atom. The number of thiophene rings is 1. The predicted octanol–water partition coefficient (Wildman–Crippen LogP) is 4.61. The first-order chi connectivity index (χ1) is 9.79. The summed E-state index contributed by atoms with van der Waals surface area (Å²) in [6, 6.07) is 12.8. The second kappa shape index (κ2) is 6.61. The van der Waals surface area contributed by atoms with Gasteiger partial charge in [-0.05, 0) is 55.8 Å². The largest absolute Gasteiger partial charge is 0.380 e. The Balaban J connectivity index is 1.52. The van der Waals surface area contributed by atoms with Crippen molar-refractivity contribution in [1.82, 2.24) is 4.90 Å². The van der Waals surface area contributed by atoms with E-state index in [9.17, 15) is 0 Å². The third kappa shape index (κ3) is 3.75. The summed E-state index contributed by atoms with van der Waals surface area (Å²) >= 11 is 7.56. The van der Waals surface area contributed by atoms with E-state index >= 15 is 0 Å². The first kappa shape index (κ1) is 13.9. The molecule has 0 saturated carbocycles. The van der Waals surface area contributed by atoms with Gasteiger partial charge in [0.25, 0.3) is 0 Å². The molecule has 0 amide bonds. The summed E-state index contributed by atoms with van der Waals surface area (Å²) in [5, 5.41) is 3.43. The molecule has 1 aliphatic rings. The van der Waals surface area contributed by atoms with Crippen LogP contribution in [0.1, 0.15) is 23.3 Å². The van der Waals surface area contributed by atoms with E-state index in [2.05, 4.69) is 40.5 Å². The highest BCUT2D eigenvalue weighted by Gasteiger charge is 2.11. The van der Waals surface area contributed by atoms with Gasteiger partial charge in [0.05, 0.1) is 4.34 Å². The maximum atomic E-state index is 5.93. The van der Waals surface area contributed by atoms with Crippen LogP contribution in [0.15, 0.2) is 36.4 Å². The van der Waals surface area contributed by atoms with Crippen molar-refractivity contribution < 1.29 is 0 Å². The second-order valence-corrected chi connectivity index (χ2v) is 7.04. The van der Waals surface area contributed by atoms with Gasteiger partial charge in [-0.1, -0.05) is 23.7 Å². The third-order valence-electron chi connectivity index (χ3n) is 3.65. The molecule has 0 aliphatic carbocycles. The summed E-state index contributed by atoms with van der Waals surface area (Å²) in [6.07, 6.45) is 2.70. The molecule has 0 bridgehead atoms. The molecule has 2 nitrogen and oxygen atoms in total. The minimum absolute atomic E-state index is 0.836. The quantitative estimate of drug-likeness (QED) is 0.868. The van der Waals surface area contributed by atoms with Gasteiger partial charge in [-0.2, -0.15) is 0 Å². The third-order valence-corrected chi connectivity index (χ3v) is 4.89.